The molecule has 0 radical (unpaired) electrons. The highest BCUT2D eigenvalue weighted by molar-refractivity contribution is 6.09. The van der Waals surface area contributed by atoms with E-state index in [1.165, 1.54) is 13.2 Å². The first-order valence-electron chi connectivity index (χ1n) is 13.5. The number of ether oxygens (including phenoxy) is 2. The van der Waals surface area contributed by atoms with Gasteiger partial charge in [-0.25, -0.2) is 4.39 Å². The molecule has 2 amide bonds. The first-order valence-corrected chi connectivity index (χ1v) is 13.5. The van der Waals surface area contributed by atoms with Crippen LogP contribution in [0.5, 0.6) is 11.5 Å². The van der Waals surface area contributed by atoms with Gasteiger partial charge in [-0.05, 0) is 63.5 Å². The summed E-state index contributed by atoms with van der Waals surface area (Å²) in [5.41, 5.74) is 3.88. The van der Waals surface area contributed by atoms with Crippen LogP contribution < -0.4 is 20.1 Å². The number of hydrogen-bond acceptors (Lipinski definition) is 5. The van der Waals surface area contributed by atoms with Gasteiger partial charge in [0.05, 0.1) is 24.8 Å². The molecule has 2 saturated carbocycles. The Morgan fingerprint density at radius 1 is 1.05 bits per heavy atom. The molecule has 0 unspecified atom stereocenters. The molecule has 0 bridgehead atoms. The molecule has 0 saturated heterocycles. The van der Waals surface area contributed by atoms with E-state index < -0.39 is 5.82 Å². The second kappa shape index (κ2) is 11.0. The van der Waals surface area contributed by atoms with E-state index in [-0.39, 0.29) is 29.6 Å². The number of carbonyl (C=O) groups excluding carboxylic acids is 2. The predicted octanol–water partition coefficient (Wildman–Crippen LogP) is 5.04. The van der Waals surface area contributed by atoms with Crippen LogP contribution in [0.1, 0.15) is 67.9 Å². The number of benzene rings is 1. The molecule has 2 aliphatic carbocycles. The summed E-state index contributed by atoms with van der Waals surface area (Å²) in [5, 5.41) is 6.22. The maximum atomic E-state index is 14.6. The molecule has 5 rings (SSSR count). The minimum absolute atomic E-state index is 0.0357. The van der Waals surface area contributed by atoms with Crippen molar-refractivity contribution in [2.24, 2.45) is 5.92 Å². The second-order valence-electron chi connectivity index (χ2n) is 10.4. The monoisotopic (exact) mass is 522 g/mol. The van der Waals surface area contributed by atoms with Crippen molar-refractivity contribution in [1.29, 1.82) is 0 Å². The molecular formula is C29H35FN4O4. The van der Waals surface area contributed by atoms with Crippen LogP contribution in [0.3, 0.4) is 0 Å². The normalized spacial score (nSPS) is 19.3. The number of aryl methyl sites for hydroxylation is 1. The molecule has 38 heavy (non-hydrogen) atoms. The number of aromatic amines is 1. The molecule has 9 heteroatoms. The highest BCUT2D eigenvalue weighted by Crippen LogP contribution is 2.40. The van der Waals surface area contributed by atoms with E-state index >= 15 is 0 Å². The molecule has 3 aromatic rings. The number of nitrogens with one attached hydrogen (secondary N) is 3. The molecule has 0 spiro atoms. The molecule has 2 aromatic heterocycles. The summed E-state index contributed by atoms with van der Waals surface area (Å²) in [7, 11) is 1.43. The second-order valence-corrected chi connectivity index (χ2v) is 10.4. The Kier molecular flexibility index (Phi) is 7.53. The third-order valence-electron chi connectivity index (χ3n) is 7.57. The van der Waals surface area contributed by atoms with Crippen molar-refractivity contribution >= 4 is 22.8 Å². The van der Waals surface area contributed by atoms with E-state index in [0.717, 1.165) is 44.1 Å². The van der Waals surface area contributed by atoms with Gasteiger partial charge in [-0.15, -0.1) is 0 Å². The molecule has 2 heterocycles. The van der Waals surface area contributed by atoms with Crippen molar-refractivity contribution in [3.05, 3.63) is 41.5 Å². The predicted molar refractivity (Wildman–Crippen MR) is 143 cm³/mol. The van der Waals surface area contributed by atoms with Crippen LogP contribution >= 0.6 is 0 Å². The Bertz CT molecular complexity index is 1340. The lowest BCUT2D eigenvalue weighted by atomic mass is 9.91. The van der Waals surface area contributed by atoms with E-state index in [4.69, 9.17) is 9.47 Å². The van der Waals surface area contributed by atoms with Gasteiger partial charge in [-0.3, -0.25) is 14.6 Å². The summed E-state index contributed by atoms with van der Waals surface area (Å²) >= 11 is 0. The number of carbonyl (C=O) groups is 2. The van der Waals surface area contributed by atoms with Gasteiger partial charge in [0.25, 0.3) is 5.91 Å². The van der Waals surface area contributed by atoms with Crippen LogP contribution in [0.2, 0.25) is 0 Å². The van der Waals surface area contributed by atoms with E-state index in [0.29, 0.717) is 52.5 Å². The minimum Gasteiger partial charge on any atom is -0.494 e. The summed E-state index contributed by atoms with van der Waals surface area (Å²) in [5.74, 6) is 0.462. The van der Waals surface area contributed by atoms with Gasteiger partial charge in [0, 0.05) is 47.6 Å². The molecule has 1 aromatic carbocycles. The van der Waals surface area contributed by atoms with Gasteiger partial charge >= 0.3 is 0 Å². The first kappa shape index (κ1) is 26.0. The maximum absolute atomic E-state index is 14.6. The number of halogens is 1. The van der Waals surface area contributed by atoms with E-state index in [1.807, 2.05) is 19.9 Å². The smallest absolute Gasteiger partial charge is 0.255 e. The zero-order valence-corrected chi connectivity index (χ0v) is 22.2. The van der Waals surface area contributed by atoms with E-state index in [1.54, 1.807) is 12.3 Å². The summed E-state index contributed by atoms with van der Waals surface area (Å²) in [4.78, 5) is 33.0. The number of nitrogens with zero attached hydrogens (tertiary/aromatic N) is 1. The lowest BCUT2D eigenvalue weighted by molar-refractivity contribution is -0.121. The summed E-state index contributed by atoms with van der Waals surface area (Å²) < 4.78 is 25.9. The number of amides is 2. The third-order valence-corrected chi connectivity index (χ3v) is 7.57. The average Bonchev–Trinajstić information content (AvgIpc) is 3.68. The Hall–Kier alpha value is -3.62. The number of rotatable bonds is 9. The summed E-state index contributed by atoms with van der Waals surface area (Å²) in [6.45, 7) is 4.24. The molecule has 0 aliphatic heterocycles. The van der Waals surface area contributed by atoms with Crippen molar-refractivity contribution in [3.8, 4) is 22.6 Å². The Balaban J connectivity index is 1.40. The lowest BCUT2D eigenvalue weighted by Crippen LogP contribution is -2.43. The number of pyridine rings is 1. The van der Waals surface area contributed by atoms with Crippen LogP contribution in [0, 0.1) is 18.7 Å². The van der Waals surface area contributed by atoms with E-state index in [2.05, 4.69) is 20.6 Å². The largest absolute Gasteiger partial charge is 0.494 e. The zero-order valence-electron chi connectivity index (χ0n) is 22.2. The van der Waals surface area contributed by atoms with Gasteiger partial charge in [0.1, 0.15) is 11.3 Å². The van der Waals surface area contributed by atoms with Crippen LogP contribution in [-0.4, -0.2) is 47.6 Å². The first-order chi connectivity index (χ1) is 18.4. The van der Waals surface area contributed by atoms with Gasteiger partial charge < -0.3 is 25.1 Å². The van der Waals surface area contributed by atoms with Crippen LogP contribution in [0.15, 0.2) is 24.4 Å². The van der Waals surface area contributed by atoms with Crippen LogP contribution in [0.25, 0.3) is 22.2 Å². The SMILES string of the molecule is CCC(=O)NC1CCC(NC(=O)c2c(C)[nH]c3c(-c4cc(OC)c(F)cc4OCC4CC4)ccnc23)CC1. The van der Waals surface area contributed by atoms with Gasteiger partial charge in [0.2, 0.25) is 5.91 Å². The highest BCUT2D eigenvalue weighted by Gasteiger charge is 2.27. The molecule has 0 atom stereocenters. The minimum atomic E-state index is -0.487. The summed E-state index contributed by atoms with van der Waals surface area (Å²) in [6.07, 6.45) is 7.65. The van der Waals surface area contributed by atoms with Crippen molar-refractivity contribution in [1.82, 2.24) is 20.6 Å². The van der Waals surface area contributed by atoms with Gasteiger partial charge in [0.15, 0.2) is 11.6 Å². The summed E-state index contributed by atoms with van der Waals surface area (Å²) in [6, 6.07) is 5.04. The third kappa shape index (κ3) is 5.47. The Morgan fingerprint density at radius 3 is 2.42 bits per heavy atom. The number of methoxy groups -OCH3 is 1. The number of hydrogen-bond donors (Lipinski definition) is 3. The fourth-order valence-corrected chi connectivity index (χ4v) is 5.19. The molecule has 3 N–H and O–H groups in total. The van der Waals surface area contributed by atoms with Crippen LogP contribution in [-0.2, 0) is 4.79 Å². The van der Waals surface area contributed by atoms with Crippen molar-refractivity contribution in [3.63, 3.8) is 0 Å². The molecular weight excluding hydrogens is 487 g/mol. The fraction of sp³-hybridized carbons (Fsp3) is 0.483. The van der Waals surface area contributed by atoms with E-state index in [9.17, 15) is 14.0 Å². The van der Waals surface area contributed by atoms with Crippen molar-refractivity contribution in [2.45, 2.75) is 70.9 Å². The maximum Gasteiger partial charge on any atom is 0.255 e. The fourth-order valence-electron chi connectivity index (χ4n) is 5.19. The number of fused-ring (bicyclic) bond motifs is 1. The lowest BCUT2D eigenvalue weighted by Gasteiger charge is -2.29. The molecule has 202 valence electrons. The van der Waals surface area contributed by atoms with Gasteiger partial charge in [-0.1, -0.05) is 6.92 Å². The van der Waals surface area contributed by atoms with Crippen LogP contribution in [0.4, 0.5) is 4.39 Å². The number of aromatic nitrogens is 2. The standard InChI is InChI=1S/C29H35FN4O4/c1-4-25(35)33-18-7-9-19(10-8-18)34-29(36)26-16(2)32-27-20(11-12-31-28(26)27)21-13-24(37-3)22(30)14-23(21)38-15-17-5-6-17/h11-14,17-19,32H,4-10,15H2,1-3H3,(H,33,35)(H,34,36). The van der Waals surface area contributed by atoms with Gasteiger partial charge in [-0.2, -0.15) is 0 Å². The Morgan fingerprint density at radius 2 is 1.76 bits per heavy atom. The zero-order chi connectivity index (χ0) is 26.8. The Labute approximate surface area is 221 Å². The average molecular weight is 523 g/mol. The highest BCUT2D eigenvalue weighted by atomic mass is 19.1. The molecule has 8 nitrogen and oxygen atoms in total. The quantitative estimate of drug-likeness (QED) is 0.365. The molecule has 2 fully saturated rings. The topological polar surface area (TPSA) is 105 Å². The van der Waals surface area contributed by atoms with Crippen molar-refractivity contribution < 1.29 is 23.5 Å². The van der Waals surface area contributed by atoms with Crippen molar-refractivity contribution in [2.75, 3.05) is 13.7 Å². The molecule has 2 aliphatic rings. The number of H-pyrrole nitrogens is 1.